The Hall–Kier alpha value is -1.27. The van der Waals surface area contributed by atoms with Gasteiger partial charge in [-0.1, -0.05) is 26.7 Å². The number of sulfonamides is 1. The maximum atomic E-state index is 12.4. The molecule has 25 heavy (non-hydrogen) atoms. The summed E-state index contributed by atoms with van der Waals surface area (Å²) in [5, 5.41) is 0. The van der Waals surface area contributed by atoms with Gasteiger partial charge < -0.3 is 9.47 Å². The van der Waals surface area contributed by atoms with Gasteiger partial charge in [-0.3, -0.25) is 0 Å². The Balaban J connectivity index is 2.34. The van der Waals surface area contributed by atoms with Crippen molar-refractivity contribution in [3.05, 3.63) is 23.8 Å². The number of unbranched alkanes of at least 4 members (excludes halogenated alkanes) is 2. The Bertz CT molecular complexity index is 645. The van der Waals surface area contributed by atoms with E-state index in [4.69, 9.17) is 9.47 Å². The highest BCUT2D eigenvalue weighted by atomic mass is 32.2. The van der Waals surface area contributed by atoms with Crippen LogP contribution in [0.3, 0.4) is 0 Å². The van der Waals surface area contributed by atoms with Crippen molar-refractivity contribution in [3.8, 4) is 11.5 Å². The van der Waals surface area contributed by atoms with Gasteiger partial charge in [-0.2, -0.15) is 4.31 Å². The molecule has 5 nitrogen and oxygen atoms in total. The molecule has 0 N–H and O–H groups in total. The molecule has 1 unspecified atom stereocenters. The van der Waals surface area contributed by atoms with Gasteiger partial charge in [0.1, 0.15) is 11.5 Å². The largest absolute Gasteiger partial charge is 0.494 e. The molecule has 6 heteroatoms. The standard InChI is InChI=1S/C19H31NO4S/c1-4-6-12-20(25(3,21)22)18-9-8-14-24-19-11-10-16(15-17(18)19)23-13-7-5-2/h10-11,15,18H,4-9,12-14H2,1-3H3. The van der Waals surface area contributed by atoms with Crippen molar-refractivity contribution in [1.29, 1.82) is 0 Å². The molecule has 1 aromatic rings. The van der Waals surface area contributed by atoms with E-state index in [1.165, 1.54) is 6.26 Å². The summed E-state index contributed by atoms with van der Waals surface area (Å²) in [6.45, 7) is 6.03. The molecular formula is C19H31NO4S. The minimum atomic E-state index is -3.29. The number of benzene rings is 1. The number of ether oxygens (including phenoxy) is 2. The van der Waals surface area contributed by atoms with Gasteiger partial charge in [-0.25, -0.2) is 8.42 Å². The Morgan fingerprint density at radius 3 is 2.68 bits per heavy atom. The average Bonchev–Trinajstić information content (AvgIpc) is 2.77. The van der Waals surface area contributed by atoms with Crippen LogP contribution < -0.4 is 9.47 Å². The first kappa shape index (κ1) is 20.0. The monoisotopic (exact) mass is 369 g/mol. The predicted molar refractivity (Wildman–Crippen MR) is 101 cm³/mol. The summed E-state index contributed by atoms with van der Waals surface area (Å²) in [4.78, 5) is 0. The second-order valence-electron chi connectivity index (χ2n) is 6.64. The van der Waals surface area contributed by atoms with Crippen LogP contribution in [0.25, 0.3) is 0 Å². The molecule has 0 fully saturated rings. The van der Waals surface area contributed by atoms with E-state index in [1.54, 1.807) is 4.31 Å². The van der Waals surface area contributed by atoms with E-state index in [2.05, 4.69) is 13.8 Å². The van der Waals surface area contributed by atoms with Crippen LogP contribution in [0.4, 0.5) is 0 Å². The van der Waals surface area contributed by atoms with E-state index < -0.39 is 10.0 Å². The third kappa shape index (κ3) is 5.61. The fourth-order valence-electron chi connectivity index (χ4n) is 3.12. The van der Waals surface area contributed by atoms with Crippen molar-refractivity contribution in [2.24, 2.45) is 0 Å². The first-order valence-electron chi connectivity index (χ1n) is 9.33. The first-order valence-corrected chi connectivity index (χ1v) is 11.2. The van der Waals surface area contributed by atoms with Crippen LogP contribution in [-0.4, -0.2) is 38.7 Å². The third-order valence-electron chi connectivity index (χ3n) is 4.49. The highest BCUT2D eigenvalue weighted by Gasteiger charge is 2.31. The molecule has 1 atom stereocenters. The molecule has 0 aliphatic carbocycles. The van der Waals surface area contributed by atoms with Gasteiger partial charge in [0.25, 0.3) is 0 Å². The Morgan fingerprint density at radius 1 is 1.24 bits per heavy atom. The molecule has 1 aliphatic rings. The molecule has 0 saturated heterocycles. The van der Waals surface area contributed by atoms with Gasteiger partial charge in [0.05, 0.1) is 25.5 Å². The minimum Gasteiger partial charge on any atom is -0.494 e. The number of rotatable bonds is 9. The molecule has 0 aromatic heterocycles. The molecule has 0 saturated carbocycles. The van der Waals surface area contributed by atoms with Gasteiger partial charge >= 0.3 is 0 Å². The Labute approximate surface area is 152 Å². The van der Waals surface area contributed by atoms with Crippen LogP contribution in [0.15, 0.2) is 18.2 Å². The fraction of sp³-hybridized carbons (Fsp3) is 0.684. The molecule has 0 amide bonds. The SMILES string of the molecule is CCCCOc1ccc2c(c1)C(N(CCCC)S(C)(=O)=O)CCCO2. The summed E-state index contributed by atoms with van der Waals surface area (Å²) < 4.78 is 38.1. The summed E-state index contributed by atoms with van der Waals surface area (Å²) >= 11 is 0. The molecule has 0 spiro atoms. The second-order valence-corrected chi connectivity index (χ2v) is 8.57. The van der Waals surface area contributed by atoms with Crippen LogP contribution in [0, 0.1) is 0 Å². The van der Waals surface area contributed by atoms with Crippen LogP contribution >= 0.6 is 0 Å². The highest BCUT2D eigenvalue weighted by Crippen LogP contribution is 2.39. The second kappa shape index (κ2) is 9.43. The quantitative estimate of drug-likeness (QED) is 0.614. The Kier molecular flexibility index (Phi) is 7.56. The summed E-state index contributed by atoms with van der Waals surface area (Å²) in [7, 11) is -3.29. The summed E-state index contributed by atoms with van der Waals surface area (Å²) in [6, 6.07) is 5.60. The van der Waals surface area contributed by atoms with Gasteiger partial charge in [0.15, 0.2) is 0 Å². The third-order valence-corrected chi connectivity index (χ3v) is 5.78. The molecule has 0 bridgehead atoms. The summed E-state index contributed by atoms with van der Waals surface area (Å²) in [6.07, 6.45) is 6.80. The lowest BCUT2D eigenvalue weighted by Crippen LogP contribution is -2.35. The van der Waals surface area contributed by atoms with Crippen molar-refractivity contribution in [1.82, 2.24) is 4.31 Å². The molecule has 1 aromatic carbocycles. The summed E-state index contributed by atoms with van der Waals surface area (Å²) in [5.41, 5.74) is 0.924. The van der Waals surface area contributed by atoms with E-state index in [-0.39, 0.29) is 6.04 Å². The minimum absolute atomic E-state index is 0.186. The van der Waals surface area contributed by atoms with Crippen LogP contribution in [-0.2, 0) is 10.0 Å². The molecule has 142 valence electrons. The molecule has 0 radical (unpaired) electrons. The maximum Gasteiger partial charge on any atom is 0.211 e. The topological polar surface area (TPSA) is 55.8 Å². The number of hydrogen-bond acceptors (Lipinski definition) is 4. The molecular weight excluding hydrogens is 338 g/mol. The van der Waals surface area contributed by atoms with Crippen LogP contribution in [0.2, 0.25) is 0 Å². The summed E-state index contributed by atoms with van der Waals surface area (Å²) in [5.74, 6) is 1.56. The lowest BCUT2D eigenvalue weighted by atomic mass is 10.0. The molecule has 1 heterocycles. The predicted octanol–water partition coefficient (Wildman–Crippen LogP) is 4.14. The maximum absolute atomic E-state index is 12.4. The zero-order valence-electron chi connectivity index (χ0n) is 15.7. The van der Waals surface area contributed by atoms with Crippen molar-refractivity contribution in [2.75, 3.05) is 26.0 Å². The van der Waals surface area contributed by atoms with Crippen LogP contribution in [0.5, 0.6) is 11.5 Å². The van der Waals surface area contributed by atoms with Gasteiger partial charge in [-0.05, 0) is 43.9 Å². The van der Waals surface area contributed by atoms with Crippen LogP contribution in [0.1, 0.15) is 64.0 Å². The van der Waals surface area contributed by atoms with Crippen molar-refractivity contribution < 1.29 is 17.9 Å². The zero-order valence-corrected chi connectivity index (χ0v) is 16.5. The van der Waals surface area contributed by atoms with Gasteiger partial charge in [-0.15, -0.1) is 0 Å². The first-order chi connectivity index (χ1) is 12.0. The Morgan fingerprint density at radius 2 is 2.00 bits per heavy atom. The zero-order chi connectivity index (χ0) is 18.3. The lowest BCUT2D eigenvalue weighted by Gasteiger charge is -2.29. The molecule has 1 aliphatic heterocycles. The van der Waals surface area contributed by atoms with Gasteiger partial charge in [0, 0.05) is 12.1 Å². The lowest BCUT2D eigenvalue weighted by molar-refractivity contribution is 0.293. The fourth-order valence-corrected chi connectivity index (χ4v) is 4.26. The van der Waals surface area contributed by atoms with E-state index in [0.29, 0.717) is 19.8 Å². The van der Waals surface area contributed by atoms with Crippen molar-refractivity contribution in [3.63, 3.8) is 0 Å². The van der Waals surface area contributed by atoms with E-state index >= 15 is 0 Å². The normalized spacial score (nSPS) is 17.7. The van der Waals surface area contributed by atoms with Crippen molar-refractivity contribution in [2.45, 2.75) is 58.4 Å². The van der Waals surface area contributed by atoms with E-state index in [1.807, 2.05) is 18.2 Å². The van der Waals surface area contributed by atoms with E-state index in [9.17, 15) is 8.42 Å². The smallest absolute Gasteiger partial charge is 0.211 e. The number of hydrogen-bond donors (Lipinski definition) is 0. The van der Waals surface area contributed by atoms with Crippen molar-refractivity contribution >= 4 is 10.0 Å². The number of fused-ring (bicyclic) bond motifs is 1. The van der Waals surface area contributed by atoms with E-state index in [0.717, 1.165) is 55.6 Å². The average molecular weight is 370 g/mol. The highest BCUT2D eigenvalue weighted by molar-refractivity contribution is 7.88. The van der Waals surface area contributed by atoms with Gasteiger partial charge in [0.2, 0.25) is 10.0 Å². The number of nitrogens with zero attached hydrogens (tertiary/aromatic N) is 1. The molecule has 2 rings (SSSR count).